The average Bonchev–Trinajstić information content (AvgIpc) is 3.11. The van der Waals surface area contributed by atoms with Gasteiger partial charge in [-0.15, -0.1) is 0 Å². The van der Waals surface area contributed by atoms with E-state index in [9.17, 15) is 22.4 Å². The van der Waals surface area contributed by atoms with Crippen molar-refractivity contribution < 1.29 is 27.1 Å². The van der Waals surface area contributed by atoms with Gasteiger partial charge in [0.2, 0.25) is 0 Å². The van der Waals surface area contributed by atoms with Gasteiger partial charge in [-0.1, -0.05) is 12.1 Å². The molecule has 1 N–H and O–H groups in total. The van der Waals surface area contributed by atoms with Crippen LogP contribution in [0.4, 0.5) is 17.6 Å². The number of rotatable bonds is 9. The number of nitrogens with zero attached hydrogens (tertiary/aromatic N) is 2. The Hall–Kier alpha value is -2.42. The van der Waals surface area contributed by atoms with Crippen molar-refractivity contribution in [3.8, 4) is 0 Å². The first-order valence-corrected chi connectivity index (χ1v) is 8.39. The standard InChI is InChI=1S/C18H21F4N3O2/c1-3-25-8-7-15(24-25)12(2)23-16(26)14-6-4-5-13(9-14)10-27-11-18(21,22)17(19)20/h4-9,12,17H,3,10-11H2,1-2H3,(H,23,26). The van der Waals surface area contributed by atoms with Gasteiger partial charge in [-0.2, -0.15) is 13.9 Å². The molecule has 0 aliphatic carbocycles. The smallest absolute Gasteiger partial charge is 0.330 e. The van der Waals surface area contributed by atoms with Crippen LogP contribution >= 0.6 is 0 Å². The molecule has 0 saturated heterocycles. The summed E-state index contributed by atoms with van der Waals surface area (Å²) < 4.78 is 56.3. The SMILES string of the molecule is CCn1ccc(C(C)NC(=O)c2cccc(COCC(F)(F)C(F)F)c2)n1. The van der Waals surface area contributed by atoms with Crippen LogP contribution in [0.15, 0.2) is 36.5 Å². The number of nitrogens with one attached hydrogen (secondary N) is 1. The number of amides is 1. The zero-order valence-corrected chi connectivity index (χ0v) is 15.0. The third kappa shape index (κ3) is 5.78. The molecular formula is C18H21F4N3O2. The van der Waals surface area contributed by atoms with E-state index in [0.29, 0.717) is 23.4 Å². The van der Waals surface area contributed by atoms with Crippen LogP contribution in [0.1, 0.15) is 41.5 Å². The van der Waals surface area contributed by atoms with Gasteiger partial charge in [0.05, 0.1) is 18.3 Å². The van der Waals surface area contributed by atoms with Crippen LogP contribution in [0.3, 0.4) is 0 Å². The number of ether oxygens (including phenoxy) is 1. The van der Waals surface area contributed by atoms with E-state index in [1.165, 1.54) is 6.07 Å². The fourth-order valence-corrected chi connectivity index (χ4v) is 2.31. The number of aromatic nitrogens is 2. The second-order valence-electron chi connectivity index (χ2n) is 6.05. The normalized spacial score (nSPS) is 13.0. The highest BCUT2D eigenvalue weighted by atomic mass is 19.3. The summed E-state index contributed by atoms with van der Waals surface area (Å²) in [5, 5.41) is 7.12. The monoisotopic (exact) mass is 387 g/mol. The molecule has 148 valence electrons. The number of hydrogen-bond acceptors (Lipinski definition) is 3. The summed E-state index contributed by atoms with van der Waals surface area (Å²) in [6.07, 6.45) is -1.97. The number of aryl methyl sites for hydroxylation is 1. The quantitative estimate of drug-likeness (QED) is 0.666. The minimum atomic E-state index is -4.20. The van der Waals surface area contributed by atoms with E-state index in [0.717, 1.165) is 0 Å². The predicted molar refractivity (Wildman–Crippen MR) is 90.8 cm³/mol. The number of alkyl halides is 4. The van der Waals surface area contributed by atoms with Crippen molar-refractivity contribution in [3.05, 3.63) is 53.3 Å². The van der Waals surface area contributed by atoms with Crippen LogP contribution in [0.25, 0.3) is 0 Å². The topological polar surface area (TPSA) is 56.2 Å². The number of halogens is 4. The van der Waals surface area contributed by atoms with Gasteiger partial charge in [-0.05, 0) is 37.6 Å². The first-order chi connectivity index (χ1) is 12.7. The lowest BCUT2D eigenvalue weighted by Gasteiger charge is -2.15. The maximum atomic E-state index is 12.8. The van der Waals surface area contributed by atoms with Gasteiger partial charge in [0.1, 0.15) is 6.61 Å². The molecule has 0 spiro atoms. The van der Waals surface area contributed by atoms with Gasteiger partial charge in [0, 0.05) is 18.3 Å². The van der Waals surface area contributed by atoms with E-state index in [4.69, 9.17) is 0 Å². The maximum absolute atomic E-state index is 12.8. The lowest BCUT2D eigenvalue weighted by atomic mass is 10.1. The van der Waals surface area contributed by atoms with Crippen molar-refractivity contribution in [2.24, 2.45) is 0 Å². The molecule has 0 saturated carbocycles. The highest BCUT2D eigenvalue weighted by Crippen LogP contribution is 2.23. The van der Waals surface area contributed by atoms with Gasteiger partial charge in [-0.25, -0.2) is 8.78 Å². The first kappa shape index (κ1) is 20.9. The van der Waals surface area contributed by atoms with Crippen molar-refractivity contribution >= 4 is 5.91 Å². The molecule has 0 aliphatic heterocycles. The average molecular weight is 387 g/mol. The predicted octanol–water partition coefficient (Wildman–Crippen LogP) is 3.81. The number of hydrogen-bond donors (Lipinski definition) is 1. The second kappa shape index (κ2) is 8.98. The molecule has 1 heterocycles. The van der Waals surface area contributed by atoms with Crippen LogP contribution in [0.2, 0.25) is 0 Å². The molecule has 0 aliphatic rings. The Labute approximate surface area is 154 Å². The van der Waals surface area contributed by atoms with Gasteiger partial charge in [0.15, 0.2) is 0 Å². The van der Waals surface area contributed by atoms with E-state index < -0.39 is 19.0 Å². The Morgan fingerprint density at radius 1 is 1.33 bits per heavy atom. The molecule has 0 radical (unpaired) electrons. The van der Waals surface area contributed by atoms with E-state index in [1.807, 2.05) is 19.2 Å². The Morgan fingerprint density at radius 2 is 2.07 bits per heavy atom. The molecule has 1 aromatic heterocycles. The molecule has 0 fully saturated rings. The molecule has 9 heteroatoms. The molecule has 1 aromatic carbocycles. The molecule has 27 heavy (non-hydrogen) atoms. The van der Waals surface area contributed by atoms with Crippen LogP contribution in [-0.2, 0) is 17.9 Å². The van der Waals surface area contributed by atoms with E-state index >= 15 is 0 Å². The molecule has 5 nitrogen and oxygen atoms in total. The summed E-state index contributed by atoms with van der Waals surface area (Å²) in [5.41, 5.74) is 1.44. The molecule has 1 amide bonds. The van der Waals surface area contributed by atoms with E-state index in [-0.39, 0.29) is 18.6 Å². The van der Waals surface area contributed by atoms with Gasteiger partial charge in [0.25, 0.3) is 5.91 Å². The third-order valence-electron chi connectivity index (χ3n) is 3.85. The summed E-state index contributed by atoms with van der Waals surface area (Å²) in [5.74, 6) is -4.57. The molecule has 0 bridgehead atoms. The summed E-state index contributed by atoms with van der Waals surface area (Å²) >= 11 is 0. The second-order valence-corrected chi connectivity index (χ2v) is 6.05. The zero-order chi connectivity index (χ0) is 20.0. The minimum absolute atomic E-state index is 0.304. The molecule has 1 atom stereocenters. The Morgan fingerprint density at radius 3 is 2.70 bits per heavy atom. The molecule has 1 unspecified atom stereocenters. The van der Waals surface area contributed by atoms with Gasteiger partial charge in [-0.3, -0.25) is 9.48 Å². The number of carbonyl (C=O) groups excluding carboxylic acids is 1. The molecule has 2 rings (SSSR count). The fourth-order valence-electron chi connectivity index (χ4n) is 2.31. The fraction of sp³-hybridized carbons (Fsp3) is 0.444. The van der Waals surface area contributed by atoms with Crippen molar-refractivity contribution in [2.75, 3.05) is 6.61 Å². The number of benzene rings is 1. The van der Waals surface area contributed by atoms with E-state index in [1.54, 1.807) is 29.8 Å². The zero-order valence-electron chi connectivity index (χ0n) is 15.0. The summed E-state index contributed by atoms with van der Waals surface area (Å²) in [6.45, 7) is 2.76. The van der Waals surface area contributed by atoms with Crippen molar-refractivity contribution in [3.63, 3.8) is 0 Å². The molecule has 2 aromatic rings. The minimum Gasteiger partial charge on any atom is -0.370 e. The number of carbonyl (C=O) groups is 1. The first-order valence-electron chi connectivity index (χ1n) is 8.39. The van der Waals surface area contributed by atoms with Crippen LogP contribution in [0.5, 0.6) is 0 Å². The lowest BCUT2D eigenvalue weighted by Crippen LogP contribution is -2.32. The van der Waals surface area contributed by atoms with Gasteiger partial charge >= 0.3 is 12.3 Å². The van der Waals surface area contributed by atoms with E-state index in [2.05, 4.69) is 15.2 Å². The molecular weight excluding hydrogens is 366 g/mol. The van der Waals surface area contributed by atoms with Crippen LogP contribution in [0, 0.1) is 0 Å². The lowest BCUT2D eigenvalue weighted by molar-refractivity contribution is -0.168. The summed E-state index contributed by atoms with van der Waals surface area (Å²) in [4.78, 5) is 12.4. The summed E-state index contributed by atoms with van der Waals surface area (Å²) in [6, 6.07) is 7.63. The van der Waals surface area contributed by atoms with Crippen LogP contribution in [-0.4, -0.2) is 34.6 Å². The van der Waals surface area contributed by atoms with Crippen molar-refractivity contribution in [1.29, 1.82) is 0 Å². The Kier molecular flexibility index (Phi) is 6.95. The highest BCUT2D eigenvalue weighted by Gasteiger charge is 2.40. The Bertz CT molecular complexity index is 765. The van der Waals surface area contributed by atoms with Crippen molar-refractivity contribution in [2.45, 2.75) is 45.4 Å². The summed E-state index contributed by atoms with van der Waals surface area (Å²) in [7, 11) is 0. The largest absolute Gasteiger partial charge is 0.370 e. The maximum Gasteiger partial charge on any atom is 0.330 e. The van der Waals surface area contributed by atoms with Gasteiger partial charge < -0.3 is 10.1 Å². The highest BCUT2D eigenvalue weighted by molar-refractivity contribution is 5.94. The van der Waals surface area contributed by atoms with Crippen LogP contribution < -0.4 is 5.32 Å². The Balaban J connectivity index is 1.94. The van der Waals surface area contributed by atoms with Crippen molar-refractivity contribution in [1.82, 2.24) is 15.1 Å². The third-order valence-corrected chi connectivity index (χ3v) is 3.85.